The van der Waals surface area contributed by atoms with Crippen molar-refractivity contribution in [2.75, 3.05) is 44.4 Å². The van der Waals surface area contributed by atoms with Gasteiger partial charge in [0.1, 0.15) is 11.5 Å². The van der Waals surface area contributed by atoms with Crippen LogP contribution in [0.5, 0.6) is 11.5 Å². The van der Waals surface area contributed by atoms with E-state index in [1.54, 1.807) is 48.4 Å². The number of benzene rings is 2. The molecule has 0 bridgehead atoms. The summed E-state index contributed by atoms with van der Waals surface area (Å²) in [5.74, 6) is -2.30. The van der Waals surface area contributed by atoms with Crippen LogP contribution < -0.4 is 10.1 Å². The summed E-state index contributed by atoms with van der Waals surface area (Å²) in [6.45, 7) is 7.28. The molecule has 13 nitrogen and oxygen atoms in total. The topological polar surface area (TPSA) is 168 Å². The number of amides is 2. The fraction of sp³-hybridized carbons (Fsp3) is 0.303. The third kappa shape index (κ3) is 11.2. The van der Waals surface area contributed by atoms with Crippen LogP contribution >= 0.6 is 11.3 Å². The number of carbonyl (C=O) groups excluding carboxylic acids is 2. The molecule has 0 saturated carbocycles. The molecule has 18 heteroatoms. The van der Waals surface area contributed by atoms with Crippen molar-refractivity contribution in [3.05, 3.63) is 83.0 Å². The van der Waals surface area contributed by atoms with Gasteiger partial charge in [-0.1, -0.05) is 6.07 Å². The average Bonchev–Trinajstić information content (AvgIpc) is 3.51. The number of carboxylic acids is 1. The summed E-state index contributed by atoms with van der Waals surface area (Å²) in [5, 5.41) is 12.4. The maximum Gasteiger partial charge on any atom is 0.490 e. The summed E-state index contributed by atoms with van der Waals surface area (Å²) in [5.41, 5.74) is 3.51. The minimum atomic E-state index is -5.08. The molecule has 0 aliphatic carbocycles. The Morgan fingerprint density at radius 2 is 1.69 bits per heavy atom. The molecule has 5 rings (SSSR count). The van der Waals surface area contributed by atoms with Gasteiger partial charge < -0.3 is 19.5 Å². The first-order valence-corrected chi connectivity index (χ1v) is 18.1. The van der Waals surface area contributed by atoms with Gasteiger partial charge in [-0.3, -0.25) is 20.0 Å². The Morgan fingerprint density at radius 1 is 1.02 bits per heavy atom. The first kappa shape index (κ1) is 38.7. The highest BCUT2D eigenvalue weighted by atomic mass is 32.2. The maximum atomic E-state index is 13.4. The zero-order valence-corrected chi connectivity index (χ0v) is 29.3. The lowest BCUT2D eigenvalue weighted by Crippen LogP contribution is -2.48. The number of sulfone groups is 1. The molecule has 0 radical (unpaired) electrons. The number of hydrogen-bond acceptors (Lipinski definition) is 11. The van der Waals surface area contributed by atoms with Gasteiger partial charge in [0.15, 0.2) is 15.0 Å². The van der Waals surface area contributed by atoms with E-state index in [1.165, 1.54) is 23.5 Å². The number of hydrogen-bond donors (Lipinski definition) is 2. The largest absolute Gasteiger partial charge is 0.490 e. The zero-order valence-electron chi connectivity index (χ0n) is 27.6. The number of pyridine rings is 1. The van der Waals surface area contributed by atoms with Crippen molar-refractivity contribution >= 4 is 44.3 Å². The molecule has 1 aliphatic rings. The Morgan fingerprint density at radius 3 is 2.27 bits per heavy atom. The van der Waals surface area contributed by atoms with E-state index in [2.05, 4.69) is 20.2 Å². The van der Waals surface area contributed by atoms with E-state index in [4.69, 9.17) is 19.4 Å². The monoisotopic (exact) mass is 749 g/mol. The number of anilines is 1. The van der Waals surface area contributed by atoms with Gasteiger partial charge in [-0.2, -0.15) is 13.2 Å². The van der Waals surface area contributed by atoms with Gasteiger partial charge in [0.05, 0.1) is 22.9 Å². The quantitative estimate of drug-likeness (QED) is 0.210. The first-order valence-electron chi connectivity index (χ1n) is 15.3. The van der Waals surface area contributed by atoms with Crippen LogP contribution in [-0.4, -0.2) is 96.5 Å². The van der Waals surface area contributed by atoms with Crippen LogP contribution in [0.25, 0.3) is 11.3 Å². The Bertz CT molecular complexity index is 1960. The molecular weight excluding hydrogens is 716 g/mol. The van der Waals surface area contributed by atoms with Crippen molar-refractivity contribution in [2.45, 2.75) is 31.5 Å². The summed E-state index contributed by atoms with van der Waals surface area (Å²) in [6.07, 6.45) is -2.54. The lowest BCUT2D eigenvalue weighted by molar-refractivity contribution is -0.192. The standard InChI is InChI=1S/C31H33N5O6S2.C2HF3O2/c1-4-41-31(38)36-14-12-35(13-15-36)19-24-20-43-30(33-24)34-29(37)23-16-22(28-21(2)6-5-11-32-28)17-26(18-23)42-25-7-9-27(10-8-25)44(3,39)40;3-2(4,5)1(6)7/h5-11,16-18,20H,4,12-15,19H2,1-3H3,(H,33,34,37);(H,6,7). The normalized spacial score (nSPS) is 13.5. The van der Waals surface area contributed by atoms with Gasteiger partial charge in [-0.15, -0.1) is 11.3 Å². The van der Waals surface area contributed by atoms with Gasteiger partial charge in [0, 0.05) is 61.7 Å². The van der Waals surface area contributed by atoms with E-state index >= 15 is 0 Å². The predicted molar refractivity (Wildman–Crippen MR) is 182 cm³/mol. The molecule has 0 unspecified atom stereocenters. The molecule has 0 atom stereocenters. The second-order valence-electron chi connectivity index (χ2n) is 11.1. The molecule has 1 aliphatic heterocycles. The summed E-state index contributed by atoms with van der Waals surface area (Å²) < 4.78 is 66.6. The van der Waals surface area contributed by atoms with Crippen LogP contribution in [0.2, 0.25) is 0 Å². The number of thiazole rings is 1. The van der Waals surface area contributed by atoms with Crippen molar-refractivity contribution in [1.82, 2.24) is 19.8 Å². The molecular formula is C33H34F3N5O8S2. The highest BCUT2D eigenvalue weighted by Crippen LogP contribution is 2.31. The van der Waals surface area contributed by atoms with Crippen molar-refractivity contribution in [3.8, 4) is 22.8 Å². The first-order chi connectivity index (χ1) is 24.0. The predicted octanol–water partition coefficient (Wildman–Crippen LogP) is 5.87. The van der Waals surface area contributed by atoms with Crippen LogP contribution in [-0.2, 0) is 25.9 Å². The highest BCUT2D eigenvalue weighted by Gasteiger charge is 2.38. The van der Waals surface area contributed by atoms with Gasteiger partial charge in [0.2, 0.25) is 0 Å². The number of carboxylic acid groups (broad SMARTS) is 1. The molecule has 272 valence electrons. The lowest BCUT2D eigenvalue weighted by Gasteiger charge is -2.33. The summed E-state index contributed by atoms with van der Waals surface area (Å²) in [6, 6.07) is 15.0. The van der Waals surface area contributed by atoms with Crippen LogP contribution in [0, 0.1) is 6.92 Å². The molecule has 4 aromatic rings. The van der Waals surface area contributed by atoms with E-state index in [1.807, 2.05) is 24.4 Å². The van der Waals surface area contributed by atoms with E-state index in [9.17, 15) is 31.2 Å². The fourth-order valence-electron chi connectivity index (χ4n) is 4.74. The van der Waals surface area contributed by atoms with Crippen molar-refractivity contribution in [3.63, 3.8) is 0 Å². The number of carbonyl (C=O) groups is 3. The van der Waals surface area contributed by atoms with Gasteiger partial charge in [-0.05, 0) is 67.9 Å². The Labute approximate surface area is 295 Å². The molecule has 2 aromatic carbocycles. The summed E-state index contributed by atoms with van der Waals surface area (Å²) in [4.78, 5) is 47.5. The molecule has 1 saturated heterocycles. The molecule has 2 aromatic heterocycles. The van der Waals surface area contributed by atoms with Crippen molar-refractivity contribution in [2.24, 2.45) is 0 Å². The number of aromatic nitrogens is 2. The molecule has 2 N–H and O–H groups in total. The molecule has 2 amide bonds. The van der Waals surface area contributed by atoms with Crippen LogP contribution in [0.4, 0.5) is 23.1 Å². The number of aliphatic carboxylic acids is 1. The second kappa shape index (κ2) is 16.8. The van der Waals surface area contributed by atoms with Gasteiger partial charge in [0.25, 0.3) is 5.91 Å². The smallest absolute Gasteiger partial charge is 0.475 e. The molecule has 1 fully saturated rings. The summed E-state index contributed by atoms with van der Waals surface area (Å²) >= 11 is 1.34. The summed E-state index contributed by atoms with van der Waals surface area (Å²) in [7, 11) is -3.35. The van der Waals surface area contributed by atoms with Crippen LogP contribution in [0.3, 0.4) is 0 Å². The third-order valence-electron chi connectivity index (χ3n) is 7.24. The maximum absolute atomic E-state index is 13.4. The molecule has 0 spiro atoms. The number of alkyl halides is 3. The number of piperazine rings is 1. The second-order valence-corrected chi connectivity index (χ2v) is 14.0. The molecule has 51 heavy (non-hydrogen) atoms. The highest BCUT2D eigenvalue weighted by molar-refractivity contribution is 7.90. The number of halogens is 3. The van der Waals surface area contributed by atoms with E-state index < -0.39 is 22.0 Å². The Kier molecular flexibility index (Phi) is 12.7. The van der Waals surface area contributed by atoms with E-state index in [-0.39, 0.29) is 16.9 Å². The number of ether oxygens (including phenoxy) is 2. The third-order valence-corrected chi connectivity index (χ3v) is 9.17. The number of nitrogens with one attached hydrogen (secondary N) is 1. The minimum absolute atomic E-state index is 0.185. The van der Waals surface area contributed by atoms with E-state index in [0.29, 0.717) is 72.8 Å². The number of rotatable bonds is 9. The fourth-order valence-corrected chi connectivity index (χ4v) is 6.07. The van der Waals surface area contributed by atoms with E-state index in [0.717, 1.165) is 17.5 Å². The minimum Gasteiger partial charge on any atom is -0.475 e. The van der Waals surface area contributed by atoms with Crippen LogP contribution in [0.1, 0.15) is 28.5 Å². The Balaban J connectivity index is 0.000000755. The number of nitrogens with zero attached hydrogens (tertiary/aromatic N) is 4. The average molecular weight is 750 g/mol. The lowest BCUT2D eigenvalue weighted by atomic mass is 10.0. The van der Waals surface area contributed by atoms with Crippen molar-refractivity contribution in [1.29, 1.82) is 0 Å². The number of aryl methyl sites for hydroxylation is 1. The van der Waals surface area contributed by atoms with Crippen LogP contribution in [0.15, 0.2) is 71.1 Å². The van der Waals surface area contributed by atoms with Gasteiger partial charge in [-0.25, -0.2) is 23.0 Å². The zero-order chi connectivity index (χ0) is 37.3. The SMILES string of the molecule is CCOC(=O)N1CCN(Cc2csc(NC(=O)c3cc(Oc4ccc(S(C)(=O)=O)cc4)cc(-c4ncccc4C)c3)n2)CC1.O=C(O)C(F)(F)F. The molecule has 3 heterocycles. The Hall–Kier alpha value is -5.07. The van der Waals surface area contributed by atoms with Gasteiger partial charge >= 0.3 is 18.2 Å². The van der Waals surface area contributed by atoms with Crippen molar-refractivity contribution < 1.29 is 50.6 Å².